The highest BCUT2D eigenvalue weighted by Gasteiger charge is 2.37. The van der Waals surface area contributed by atoms with Gasteiger partial charge in [-0.25, -0.2) is 0 Å². The van der Waals surface area contributed by atoms with Crippen LogP contribution in [0, 0.1) is 5.92 Å². The first kappa shape index (κ1) is 16.1. The number of rotatable bonds is 4. The molecule has 2 N–H and O–H groups in total. The molecular weight excluding hydrogens is 332 g/mol. The second-order valence-corrected chi connectivity index (χ2v) is 6.19. The van der Waals surface area contributed by atoms with E-state index < -0.39 is 5.92 Å². The molecule has 4 rings (SSSR count). The van der Waals surface area contributed by atoms with Crippen molar-refractivity contribution in [3.05, 3.63) is 48.5 Å². The molecular formula is C19H18N4O3. The van der Waals surface area contributed by atoms with Crippen LogP contribution < -0.4 is 15.0 Å². The molecule has 132 valence electrons. The normalized spacial score (nSPS) is 16.9. The van der Waals surface area contributed by atoms with Crippen molar-refractivity contribution < 1.29 is 14.3 Å². The number of fused-ring (bicyclic) bond motifs is 1. The maximum absolute atomic E-state index is 12.6. The molecule has 2 heterocycles. The van der Waals surface area contributed by atoms with E-state index in [1.165, 1.54) is 0 Å². The Labute approximate surface area is 149 Å². The maximum atomic E-state index is 12.6. The van der Waals surface area contributed by atoms with E-state index in [0.717, 1.165) is 10.9 Å². The van der Waals surface area contributed by atoms with Crippen molar-refractivity contribution in [2.75, 3.05) is 23.9 Å². The van der Waals surface area contributed by atoms with Gasteiger partial charge in [-0.15, -0.1) is 0 Å². The fraction of sp³-hybridized carbons (Fsp3) is 0.211. The van der Waals surface area contributed by atoms with E-state index in [1.807, 2.05) is 36.4 Å². The number of carbonyl (C=O) groups excluding carboxylic acids is 2. The summed E-state index contributed by atoms with van der Waals surface area (Å²) < 4.78 is 5.25. The van der Waals surface area contributed by atoms with Crippen LogP contribution in [0.15, 0.2) is 48.5 Å². The van der Waals surface area contributed by atoms with Gasteiger partial charge in [0.25, 0.3) is 0 Å². The van der Waals surface area contributed by atoms with Crippen LogP contribution in [0.1, 0.15) is 6.42 Å². The van der Waals surface area contributed by atoms with Gasteiger partial charge in [0.15, 0.2) is 5.82 Å². The van der Waals surface area contributed by atoms with Gasteiger partial charge in [-0.05, 0) is 24.3 Å². The Bertz CT molecular complexity index is 982. The number of aromatic amines is 1. The molecule has 1 atom stereocenters. The Morgan fingerprint density at radius 2 is 2.00 bits per heavy atom. The first-order chi connectivity index (χ1) is 12.7. The van der Waals surface area contributed by atoms with Crippen LogP contribution in [-0.2, 0) is 9.59 Å². The molecule has 0 bridgehead atoms. The molecule has 3 aromatic rings. The van der Waals surface area contributed by atoms with E-state index in [2.05, 4.69) is 15.5 Å². The van der Waals surface area contributed by atoms with Crippen molar-refractivity contribution in [3.8, 4) is 5.75 Å². The number of ether oxygens (including phenoxy) is 1. The fourth-order valence-corrected chi connectivity index (χ4v) is 3.23. The van der Waals surface area contributed by atoms with Gasteiger partial charge >= 0.3 is 0 Å². The smallest absolute Gasteiger partial charge is 0.229 e. The van der Waals surface area contributed by atoms with Gasteiger partial charge in [-0.1, -0.05) is 24.3 Å². The second-order valence-electron chi connectivity index (χ2n) is 6.19. The molecule has 1 fully saturated rings. The van der Waals surface area contributed by atoms with Gasteiger partial charge in [-0.2, -0.15) is 5.10 Å². The Balaban J connectivity index is 1.53. The number of amides is 2. The molecule has 1 aliphatic heterocycles. The number of hydrogen-bond acceptors (Lipinski definition) is 4. The summed E-state index contributed by atoms with van der Waals surface area (Å²) in [6.45, 7) is 0.300. The molecule has 1 aromatic heterocycles. The lowest BCUT2D eigenvalue weighted by atomic mass is 10.1. The van der Waals surface area contributed by atoms with Crippen molar-refractivity contribution >= 4 is 34.2 Å². The van der Waals surface area contributed by atoms with Gasteiger partial charge < -0.3 is 10.1 Å². The predicted octanol–water partition coefficient (Wildman–Crippen LogP) is 2.56. The van der Waals surface area contributed by atoms with Crippen LogP contribution in [0.4, 0.5) is 11.5 Å². The number of nitrogens with one attached hydrogen (secondary N) is 2. The molecule has 2 amide bonds. The van der Waals surface area contributed by atoms with Crippen molar-refractivity contribution in [2.24, 2.45) is 5.92 Å². The predicted molar refractivity (Wildman–Crippen MR) is 98.2 cm³/mol. The van der Waals surface area contributed by atoms with E-state index in [-0.39, 0.29) is 18.2 Å². The molecule has 1 saturated heterocycles. The second kappa shape index (κ2) is 6.51. The van der Waals surface area contributed by atoms with Crippen molar-refractivity contribution in [2.45, 2.75) is 6.42 Å². The quantitative estimate of drug-likeness (QED) is 0.757. The minimum atomic E-state index is -0.442. The number of para-hydroxylation sites is 3. The fourth-order valence-electron chi connectivity index (χ4n) is 3.23. The minimum Gasteiger partial charge on any atom is -0.495 e. The molecule has 7 heteroatoms. The third-order valence-electron chi connectivity index (χ3n) is 4.57. The average Bonchev–Trinajstić information content (AvgIpc) is 3.25. The van der Waals surface area contributed by atoms with Crippen LogP contribution in [0.5, 0.6) is 5.75 Å². The molecule has 0 radical (unpaired) electrons. The molecule has 0 saturated carbocycles. The highest BCUT2D eigenvalue weighted by atomic mass is 16.5. The molecule has 0 unspecified atom stereocenters. The highest BCUT2D eigenvalue weighted by Crippen LogP contribution is 2.31. The van der Waals surface area contributed by atoms with Gasteiger partial charge in [0, 0.05) is 18.4 Å². The van der Waals surface area contributed by atoms with Gasteiger partial charge in [0.1, 0.15) is 5.75 Å². The molecule has 1 aliphatic rings. The Morgan fingerprint density at radius 3 is 2.85 bits per heavy atom. The Hall–Kier alpha value is -3.35. The van der Waals surface area contributed by atoms with E-state index in [4.69, 9.17) is 4.74 Å². The lowest BCUT2D eigenvalue weighted by molar-refractivity contribution is -0.122. The molecule has 0 aliphatic carbocycles. The summed E-state index contributed by atoms with van der Waals surface area (Å²) in [5.74, 6) is 0.397. The van der Waals surface area contributed by atoms with Crippen molar-refractivity contribution in [1.82, 2.24) is 10.2 Å². The summed E-state index contributed by atoms with van der Waals surface area (Å²) in [6, 6.07) is 14.8. The first-order valence-corrected chi connectivity index (χ1v) is 8.34. The van der Waals surface area contributed by atoms with Gasteiger partial charge in [-0.3, -0.25) is 19.6 Å². The SMILES string of the molecule is COc1ccccc1NC(=O)[C@H]1CC(=O)N(c2n[nH]c3ccccc23)C1. The maximum Gasteiger partial charge on any atom is 0.229 e. The topological polar surface area (TPSA) is 87.3 Å². The van der Waals surface area contributed by atoms with E-state index in [9.17, 15) is 9.59 Å². The van der Waals surface area contributed by atoms with Crippen LogP contribution in [-0.4, -0.2) is 35.7 Å². The monoisotopic (exact) mass is 350 g/mol. The standard InChI is InChI=1S/C19H18N4O3/c1-26-16-9-5-4-8-15(16)20-19(25)12-10-17(24)23(11-12)18-13-6-2-3-7-14(13)21-22-18/h2-9,12H,10-11H2,1H3,(H,20,25)(H,21,22)/t12-/m0/s1. The summed E-state index contributed by atoms with van der Waals surface area (Å²) in [5.41, 5.74) is 1.45. The van der Waals surface area contributed by atoms with Crippen LogP contribution in [0.3, 0.4) is 0 Å². The number of carbonyl (C=O) groups is 2. The van der Waals surface area contributed by atoms with Crippen molar-refractivity contribution in [3.63, 3.8) is 0 Å². The molecule has 7 nitrogen and oxygen atoms in total. The third-order valence-corrected chi connectivity index (χ3v) is 4.57. The van der Waals surface area contributed by atoms with E-state index >= 15 is 0 Å². The number of hydrogen-bond donors (Lipinski definition) is 2. The number of anilines is 2. The summed E-state index contributed by atoms with van der Waals surface area (Å²) >= 11 is 0. The average molecular weight is 350 g/mol. The molecule has 2 aromatic carbocycles. The summed E-state index contributed by atoms with van der Waals surface area (Å²) in [6.07, 6.45) is 0.155. The summed E-state index contributed by atoms with van der Waals surface area (Å²) in [4.78, 5) is 26.7. The number of H-pyrrole nitrogens is 1. The number of methoxy groups -OCH3 is 1. The van der Waals surface area contributed by atoms with Crippen LogP contribution in [0.2, 0.25) is 0 Å². The van der Waals surface area contributed by atoms with E-state index in [1.54, 1.807) is 24.1 Å². The highest BCUT2D eigenvalue weighted by molar-refractivity contribution is 6.07. The summed E-state index contributed by atoms with van der Waals surface area (Å²) in [5, 5.41) is 10.9. The van der Waals surface area contributed by atoms with Crippen LogP contribution in [0.25, 0.3) is 10.9 Å². The molecule has 26 heavy (non-hydrogen) atoms. The lowest BCUT2D eigenvalue weighted by Crippen LogP contribution is -2.28. The zero-order valence-electron chi connectivity index (χ0n) is 14.2. The number of aromatic nitrogens is 2. The lowest BCUT2D eigenvalue weighted by Gasteiger charge is -2.15. The van der Waals surface area contributed by atoms with Crippen molar-refractivity contribution in [1.29, 1.82) is 0 Å². The van der Waals surface area contributed by atoms with Gasteiger partial charge in [0.05, 0.1) is 24.2 Å². The largest absolute Gasteiger partial charge is 0.495 e. The minimum absolute atomic E-state index is 0.109. The zero-order valence-corrected chi connectivity index (χ0v) is 14.2. The van der Waals surface area contributed by atoms with Gasteiger partial charge in [0.2, 0.25) is 11.8 Å². The zero-order chi connectivity index (χ0) is 18.1. The Morgan fingerprint density at radius 1 is 1.23 bits per heavy atom. The number of benzene rings is 2. The summed E-state index contributed by atoms with van der Waals surface area (Å²) in [7, 11) is 1.55. The van der Waals surface area contributed by atoms with Crippen LogP contribution >= 0.6 is 0 Å². The third kappa shape index (κ3) is 2.77. The Kier molecular flexibility index (Phi) is 4.04. The van der Waals surface area contributed by atoms with E-state index in [0.29, 0.717) is 23.8 Å². The number of nitrogens with zero attached hydrogens (tertiary/aromatic N) is 2. The first-order valence-electron chi connectivity index (χ1n) is 8.34. The molecule has 0 spiro atoms.